The molecule has 0 saturated heterocycles. The molecule has 1 N–H and O–H groups in total. The summed E-state index contributed by atoms with van der Waals surface area (Å²) in [6, 6.07) is 12.9. The third kappa shape index (κ3) is 6.65. The number of nitrogens with one attached hydrogen (secondary N) is 1. The van der Waals surface area contributed by atoms with E-state index in [0.29, 0.717) is 17.9 Å². The first-order chi connectivity index (χ1) is 12.8. The fourth-order valence-corrected chi connectivity index (χ4v) is 3.46. The summed E-state index contributed by atoms with van der Waals surface area (Å²) in [5, 5.41) is 2.56. The van der Waals surface area contributed by atoms with E-state index in [4.69, 9.17) is 4.74 Å². The van der Waals surface area contributed by atoms with Crippen molar-refractivity contribution in [3.05, 3.63) is 59.9 Å². The summed E-state index contributed by atoms with van der Waals surface area (Å²) >= 11 is 0. The second-order valence-corrected chi connectivity index (χ2v) is 8.01. The van der Waals surface area contributed by atoms with Crippen molar-refractivity contribution >= 4 is 21.6 Å². The van der Waals surface area contributed by atoms with Crippen molar-refractivity contribution in [1.82, 2.24) is 4.31 Å². The second kappa shape index (κ2) is 9.48. The lowest BCUT2D eigenvalue weighted by molar-refractivity contribution is -0.116. The molecule has 6 nitrogen and oxygen atoms in total. The number of anilines is 1. The van der Waals surface area contributed by atoms with Crippen LogP contribution in [0, 0.1) is 5.82 Å². The van der Waals surface area contributed by atoms with Gasteiger partial charge in [0.15, 0.2) is 0 Å². The number of hydrogen-bond acceptors (Lipinski definition) is 4. The van der Waals surface area contributed by atoms with Gasteiger partial charge in [0.1, 0.15) is 11.6 Å². The van der Waals surface area contributed by atoms with E-state index in [0.717, 1.165) is 11.8 Å². The first kappa shape index (κ1) is 20.9. The Morgan fingerprint density at radius 3 is 2.56 bits per heavy atom. The zero-order chi connectivity index (χ0) is 19.9. The third-order valence-electron chi connectivity index (χ3n) is 3.99. The van der Waals surface area contributed by atoms with Gasteiger partial charge in [-0.3, -0.25) is 4.79 Å². The Hall–Kier alpha value is -2.45. The van der Waals surface area contributed by atoms with Crippen LogP contribution in [-0.2, 0) is 21.2 Å². The topological polar surface area (TPSA) is 75.7 Å². The van der Waals surface area contributed by atoms with Crippen LogP contribution in [0.3, 0.4) is 0 Å². The van der Waals surface area contributed by atoms with E-state index in [1.807, 2.05) is 24.3 Å². The molecule has 0 bridgehead atoms. The molecule has 0 aliphatic rings. The van der Waals surface area contributed by atoms with Crippen molar-refractivity contribution in [2.75, 3.05) is 31.8 Å². The maximum absolute atomic E-state index is 13.2. The van der Waals surface area contributed by atoms with Crippen molar-refractivity contribution in [1.29, 1.82) is 0 Å². The molecule has 0 fully saturated rings. The molecule has 146 valence electrons. The van der Waals surface area contributed by atoms with Crippen LogP contribution in [0.4, 0.5) is 10.1 Å². The van der Waals surface area contributed by atoms with Gasteiger partial charge in [0.25, 0.3) is 0 Å². The van der Waals surface area contributed by atoms with Gasteiger partial charge in [0, 0.05) is 25.2 Å². The number of hydrogen-bond donors (Lipinski definition) is 1. The average Bonchev–Trinajstić information content (AvgIpc) is 2.60. The normalized spacial score (nSPS) is 11.4. The third-order valence-corrected chi connectivity index (χ3v) is 5.29. The molecule has 0 aliphatic carbocycles. The van der Waals surface area contributed by atoms with E-state index >= 15 is 0 Å². The van der Waals surface area contributed by atoms with Crippen molar-refractivity contribution in [3.63, 3.8) is 0 Å². The van der Waals surface area contributed by atoms with Crippen molar-refractivity contribution in [2.24, 2.45) is 0 Å². The van der Waals surface area contributed by atoms with Crippen LogP contribution >= 0.6 is 0 Å². The Labute approximate surface area is 159 Å². The number of para-hydroxylation sites is 1. The van der Waals surface area contributed by atoms with Crippen molar-refractivity contribution < 1.29 is 22.3 Å². The van der Waals surface area contributed by atoms with Gasteiger partial charge in [0.2, 0.25) is 15.9 Å². The minimum atomic E-state index is -3.48. The highest BCUT2D eigenvalue weighted by molar-refractivity contribution is 7.88. The Morgan fingerprint density at radius 1 is 1.15 bits per heavy atom. The summed E-state index contributed by atoms with van der Waals surface area (Å²) in [6.45, 7) is 0.265. The van der Waals surface area contributed by atoms with Crippen LogP contribution < -0.4 is 10.1 Å². The van der Waals surface area contributed by atoms with E-state index in [1.165, 1.54) is 22.5 Å². The quantitative estimate of drug-likeness (QED) is 0.710. The second-order valence-electron chi connectivity index (χ2n) is 6.03. The molecular weight excluding hydrogens is 371 g/mol. The van der Waals surface area contributed by atoms with Gasteiger partial charge < -0.3 is 10.1 Å². The van der Waals surface area contributed by atoms with Gasteiger partial charge in [-0.15, -0.1) is 0 Å². The van der Waals surface area contributed by atoms with Crippen molar-refractivity contribution in [2.45, 2.75) is 12.8 Å². The van der Waals surface area contributed by atoms with Crippen molar-refractivity contribution in [3.8, 4) is 5.75 Å². The standard InChI is InChI=1S/C19H23FN2O4S/c1-26-18-9-4-3-6-15(18)10-12-22(27(2,24)25)13-11-19(23)21-17-8-5-7-16(20)14-17/h3-9,14H,10-13H2,1-2H3,(H,21,23). The van der Waals surface area contributed by atoms with E-state index < -0.39 is 15.8 Å². The van der Waals surface area contributed by atoms with Crippen LogP contribution in [0.2, 0.25) is 0 Å². The molecular formula is C19H23FN2O4S. The minimum Gasteiger partial charge on any atom is -0.496 e. The SMILES string of the molecule is COc1ccccc1CCN(CCC(=O)Nc1cccc(F)c1)S(C)(=O)=O. The minimum absolute atomic E-state index is 0.0322. The van der Waals surface area contributed by atoms with E-state index in [9.17, 15) is 17.6 Å². The smallest absolute Gasteiger partial charge is 0.225 e. The monoisotopic (exact) mass is 394 g/mol. The summed E-state index contributed by atoms with van der Waals surface area (Å²) < 4.78 is 43.8. The average molecular weight is 394 g/mol. The molecule has 0 unspecified atom stereocenters. The molecule has 2 rings (SSSR count). The molecule has 0 aliphatic heterocycles. The molecule has 0 spiro atoms. The van der Waals surface area contributed by atoms with Gasteiger partial charge in [-0.05, 0) is 36.2 Å². The van der Waals surface area contributed by atoms with Crippen LogP contribution in [0.25, 0.3) is 0 Å². The van der Waals surface area contributed by atoms with Gasteiger partial charge in [0.05, 0.1) is 13.4 Å². The molecule has 0 aromatic heterocycles. The van der Waals surface area contributed by atoms with Gasteiger partial charge >= 0.3 is 0 Å². The van der Waals surface area contributed by atoms with E-state index in [-0.39, 0.29) is 25.4 Å². The predicted molar refractivity (Wildman–Crippen MR) is 103 cm³/mol. The van der Waals surface area contributed by atoms with Crippen LogP contribution in [0.15, 0.2) is 48.5 Å². The van der Waals surface area contributed by atoms with Gasteiger partial charge in [-0.2, -0.15) is 0 Å². The fraction of sp³-hybridized carbons (Fsp3) is 0.316. The number of methoxy groups -OCH3 is 1. The first-order valence-electron chi connectivity index (χ1n) is 8.42. The number of halogens is 1. The molecule has 0 saturated carbocycles. The number of benzene rings is 2. The van der Waals surface area contributed by atoms with Gasteiger partial charge in [-0.1, -0.05) is 24.3 Å². The van der Waals surface area contributed by atoms with Crippen LogP contribution in [0.5, 0.6) is 5.75 Å². The Balaban J connectivity index is 1.95. The zero-order valence-corrected chi connectivity index (χ0v) is 16.1. The summed E-state index contributed by atoms with van der Waals surface area (Å²) in [4.78, 5) is 12.1. The summed E-state index contributed by atoms with van der Waals surface area (Å²) in [6.07, 6.45) is 1.54. The lowest BCUT2D eigenvalue weighted by Crippen LogP contribution is -2.34. The van der Waals surface area contributed by atoms with E-state index in [2.05, 4.69) is 5.32 Å². The molecule has 8 heteroatoms. The molecule has 2 aromatic rings. The number of amides is 1. The molecule has 0 radical (unpaired) electrons. The number of carbonyl (C=O) groups excluding carboxylic acids is 1. The Morgan fingerprint density at radius 2 is 1.89 bits per heavy atom. The highest BCUT2D eigenvalue weighted by Gasteiger charge is 2.18. The Bertz CT molecular complexity index is 887. The summed E-state index contributed by atoms with van der Waals surface area (Å²) in [7, 11) is -1.92. The summed E-state index contributed by atoms with van der Waals surface area (Å²) in [5.41, 5.74) is 1.22. The lowest BCUT2D eigenvalue weighted by atomic mass is 10.1. The molecule has 2 aromatic carbocycles. The number of carbonyl (C=O) groups is 1. The fourth-order valence-electron chi connectivity index (χ4n) is 2.61. The van der Waals surface area contributed by atoms with Crippen LogP contribution in [-0.4, -0.2) is 45.1 Å². The molecule has 0 heterocycles. The number of ether oxygens (including phenoxy) is 1. The molecule has 1 amide bonds. The first-order valence-corrected chi connectivity index (χ1v) is 10.3. The maximum atomic E-state index is 13.2. The summed E-state index contributed by atoms with van der Waals surface area (Å²) in [5.74, 6) is -0.149. The van der Waals surface area contributed by atoms with Crippen LogP contribution in [0.1, 0.15) is 12.0 Å². The molecule has 0 atom stereocenters. The number of sulfonamides is 1. The Kier molecular flexibility index (Phi) is 7.32. The predicted octanol–water partition coefficient (Wildman–Crippen LogP) is 2.67. The maximum Gasteiger partial charge on any atom is 0.225 e. The number of rotatable bonds is 9. The largest absolute Gasteiger partial charge is 0.496 e. The molecule has 27 heavy (non-hydrogen) atoms. The zero-order valence-electron chi connectivity index (χ0n) is 15.3. The van der Waals surface area contributed by atoms with E-state index in [1.54, 1.807) is 13.2 Å². The van der Waals surface area contributed by atoms with Gasteiger partial charge in [-0.25, -0.2) is 17.1 Å². The highest BCUT2D eigenvalue weighted by atomic mass is 32.2. The number of nitrogens with zero attached hydrogens (tertiary/aromatic N) is 1. The lowest BCUT2D eigenvalue weighted by Gasteiger charge is -2.20. The highest BCUT2D eigenvalue weighted by Crippen LogP contribution is 2.18.